The molecule has 4 heterocycles. The normalized spacial score (nSPS) is 11.9. The molecule has 0 atom stereocenters. The number of hydrogen-bond acceptors (Lipinski definition) is 6. The van der Waals surface area contributed by atoms with Crippen molar-refractivity contribution >= 4 is 141 Å². The minimum absolute atomic E-state index is 0.841. The number of thiophene rings is 2. The maximum Gasteiger partial charge on any atom is 0.143 e. The summed E-state index contributed by atoms with van der Waals surface area (Å²) in [6.45, 7) is 0. The molecule has 0 radical (unpaired) electrons. The standard InChI is InChI=1S/C66H40N2O2S2/c1-2-18-41(19-3-1)45-26-13-29-51-63-53(31-16-37-59(63)70-64(45)51)67(55-33-14-27-48-46-23-6-10-38-60(46)71-65(48)55)43-21-12-20-42(40-43)44-22-4-8-30-52(44)68(54-32-17-36-58-62(54)50-25-5-9-35-57(50)69-58)56-34-15-28-49-47-24-7-11-39-61(47)72-66(49)56/h1-40H. The van der Waals surface area contributed by atoms with Crippen LogP contribution in [-0.2, 0) is 0 Å². The quantitative estimate of drug-likeness (QED) is 0.152. The molecule has 0 unspecified atom stereocenters. The van der Waals surface area contributed by atoms with Crippen LogP contribution in [0.1, 0.15) is 0 Å². The molecule has 72 heavy (non-hydrogen) atoms. The average molecular weight is 957 g/mol. The Morgan fingerprint density at radius 2 is 0.764 bits per heavy atom. The molecule has 15 rings (SSSR count). The number of hydrogen-bond donors (Lipinski definition) is 0. The number of rotatable bonds is 8. The number of nitrogens with zero attached hydrogens (tertiary/aromatic N) is 2. The van der Waals surface area contributed by atoms with Crippen LogP contribution in [0.2, 0.25) is 0 Å². The van der Waals surface area contributed by atoms with Crippen LogP contribution in [0.25, 0.3) is 106 Å². The van der Waals surface area contributed by atoms with Gasteiger partial charge in [0.1, 0.15) is 22.3 Å². The van der Waals surface area contributed by atoms with Crippen molar-refractivity contribution in [3.63, 3.8) is 0 Å². The molecule has 4 aromatic heterocycles. The maximum atomic E-state index is 6.92. The molecule has 0 aliphatic heterocycles. The van der Waals surface area contributed by atoms with Crippen LogP contribution >= 0.6 is 22.7 Å². The van der Waals surface area contributed by atoms with Crippen molar-refractivity contribution in [3.05, 3.63) is 243 Å². The fraction of sp³-hybridized carbons (Fsp3) is 0. The van der Waals surface area contributed by atoms with Gasteiger partial charge in [0, 0.05) is 58.5 Å². The van der Waals surface area contributed by atoms with Gasteiger partial charge in [-0.05, 0) is 83.9 Å². The lowest BCUT2D eigenvalue weighted by atomic mass is 9.99. The molecule has 0 aliphatic carbocycles. The molecule has 0 N–H and O–H groups in total. The van der Waals surface area contributed by atoms with E-state index in [9.17, 15) is 0 Å². The van der Waals surface area contributed by atoms with Crippen LogP contribution in [0.3, 0.4) is 0 Å². The van der Waals surface area contributed by atoms with E-state index in [1.54, 1.807) is 0 Å². The minimum atomic E-state index is 0.841. The van der Waals surface area contributed by atoms with Gasteiger partial charge in [0.15, 0.2) is 0 Å². The fourth-order valence-corrected chi connectivity index (χ4v) is 13.6. The first-order chi connectivity index (χ1) is 35.7. The Bertz CT molecular complexity index is 4620. The lowest BCUT2D eigenvalue weighted by molar-refractivity contribution is 0.669. The first-order valence-electron chi connectivity index (χ1n) is 24.2. The van der Waals surface area contributed by atoms with Crippen LogP contribution in [0, 0.1) is 0 Å². The highest BCUT2D eigenvalue weighted by Crippen LogP contribution is 2.52. The molecule has 6 heteroatoms. The van der Waals surface area contributed by atoms with Crippen molar-refractivity contribution in [2.24, 2.45) is 0 Å². The van der Waals surface area contributed by atoms with Gasteiger partial charge in [0.2, 0.25) is 0 Å². The van der Waals surface area contributed by atoms with E-state index in [0.29, 0.717) is 0 Å². The van der Waals surface area contributed by atoms with Crippen molar-refractivity contribution < 1.29 is 8.83 Å². The average Bonchev–Trinajstić information content (AvgIpc) is 4.23. The second-order valence-corrected chi connectivity index (χ2v) is 20.4. The number of furan rings is 2. The van der Waals surface area contributed by atoms with E-state index in [4.69, 9.17) is 8.83 Å². The summed E-state index contributed by atoms with van der Waals surface area (Å²) in [5.41, 5.74) is 14.2. The SMILES string of the molecule is c1ccc(-c2cccc3c2oc2cccc(N(c4cccc(-c5ccccc5N(c5cccc6c5sc5ccccc56)c5cccc6oc7ccccc7c56)c4)c4cccc5c4sc4ccccc45)c23)cc1. The Hall–Kier alpha value is -8.94. The van der Waals surface area contributed by atoms with E-state index < -0.39 is 0 Å². The summed E-state index contributed by atoms with van der Waals surface area (Å²) in [7, 11) is 0. The minimum Gasteiger partial charge on any atom is -0.456 e. The Morgan fingerprint density at radius 1 is 0.292 bits per heavy atom. The van der Waals surface area contributed by atoms with Crippen molar-refractivity contribution in [1.82, 2.24) is 0 Å². The van der Waals surface area contributed by atoms with E-state index in [-0.39, 0.29) is 0 Å². The Morgan fingerprint density at radius 3 is 1.51 bits per heavy atom. The largest absolute Gasteiger partial charge is 0.456 e. The predicted molar refractivity (Wildman–Crippen MR) is 307 cm³/mol. The van der Waals surface area contributed by atoms with Crippen molar-refractivity contribution in [1.29, 1.82) is 0 Å². The van der Waals surface area contributed by atoms with E-state index >= 15 is 0 Å². The third-order valence-corrected chi connectivity index (χ3v) is 16.7. The molecule has 0 spiro atoms. The lowest BCUT2D eigenvalue weighted by Gasteiger charge is -2.30. The Kier molecular flexibility index (Phi) is 9.27. The zero-order chi connectivity index (χ0) is 47.3. The van der Waals surface area contributed by atoms with Gasteiger partial charge in [0.05, 0.1) is 48.6 Å². The summed E-state index contributed by atoms with van der Waals surface area (Å²) in [4.78, 5) is 4.94. The van der Waals surface area contributed by atoms with Crippen LogP contribution in [0.15, 0.2) is 251 Å². The van der Waals surface area contributed by atoms with Gasteiger partial charge in [-0.25, -0.2) is 0 Å². The van der Waals surface area contributed by atoms with Crippen LogP contribution in [0.5, 0.6) is 0 Å². The molecule has 0 fully saturated rings. The first-order valence-corrected chi connectivity index (χ1v) is 25.9. The summed E-state index contributed by atoms with van der Waals surface area (Å²) in [6, 6.07) is 87.4. The smallest absolute Gasteiger partial charge is 0.143 e. The fourth-order valence-electron chi connectivity index (χ4n) is 11.1. The molecule has 0 bridgehead atoms. The zero-order valence-electron chi connectivity index (χ0n) is 38.6. The number of fused-ring (bicyclic) bond motifs is 12. The number of anilines is 6. The van der Waals surface area contributed by atoms with Crippen molar-refractivity contribution in [2.75, 3.05) is 9.80 Å². The molecule has 338 valence electrons. The third-order valence-electron chi connectivity index (χ3n) is 14.3. The molecule has 15 aromatic rings. The summed E-state index contributed by atoms with van der Waals surface area (Å²) < 4.78 is 18.5. The zero-order valence-corrected chi connectivity index (χ0v) is 40.3. The van der Waals surface area contributed by atoms with Gasteiger partial charge in [-0.15, -0.1) is 22.7 Å². The summed E-state index contributed by atoms with van der Waals surface area (Å²) in [6.07, 6.45) is 0. The van der Waals surface area contributed by atoms with Gasteiger partial charge in [-0.3, -0.25) is 0 Å². The molecular formula is C66H40N2O2S2. The van der Waals surface area contributed by atoms with E-state index in [1.165, 1.54) is 40.3 Å². The summed E-state index contributed by atoms with van der Waals surface area (Å²) >= 11 is 3.69. The highest BCUT2D eigenvalue weighted by Gasteiger charge is 2.27. The maximum absolute atomic E-state index is 6.92. The van der Waals surface area contributed by atoms with E-state index in [0.717, 1.165) is 100 Å². The molecule has 0 amide bonds. The highest BCUT2D eigenvalue weighted by molar-refractivity contribution is 7.26. The third kappa shape index (κ3) is 6.29. The summed E-state index contributed by atoms with van der Waals surface area (Å²) in [5.74, 6) is 0. The second-order valence-electron chi connectivity index (χ2n) is 18.3. The van der Waals surface area contributed by atoms with E-state index in [1.807, 2.05) is 28.7 Å². The van der Waals surface area contributed by atoms with Crippen molar-refractivity contribution in [3.8, 4) is 22.3 Å². The van der Waals surface area contributed by atoms with Gasteiger partial charge in [0.25, 0.3) is 0 Å². The van der Waals surface area contributed by atoms with Crippen LogP contribution in [-0.4, -0.2) is 0 Å². The Labute approximate surface area is 422 Å². The molecule has 0 saturated heterocycles. The van der Waals surface area contributed by atoms with E-state index in [2.05, 4.69) is 246 Å². The monoisotopic (exact) mass is 956 g/mol. The molecule has 0 aliphatic rings. The first kappa shape index (κ1) is 40.9. The topological polar surface area (TPSA) is 32.8 Å². The lowest BCUT2D eigenvalue weighted by Crippen LogP contribution is -2.12. The van der Waals surface area contributed by atoms with Crippen LogP contribution in [0.4, 0.5) is 34.1 Å². The Balaban J connectivity index is 0.984. The number of benzene rings is 11. The highest BCUT2D eigenvalue weighted by atomic mass is 32.1. The molecule has 11 aromatic carbocycles. The van der Waals surface area contributed by atoms with Crippen LogP contribution < -0.4 is 9.80 Å². The molecule has 4 nitrogen and oxygen atoms in total. The van der Waals surface area contributed by atoms with Gasteiger partial charge in [-0.2, -0.15) is 0 Å². The van der Waals surface area contributed by atoms with Gasteiger partial charge in [-0.1, -0.05) is 170 Å². The molecule has 0 saturated carbocycles. The van der Waals surface area contributed by atoms with Gasteiger partial charge < -0.3 is 18.6 Å². The van der Waals surface area contributed by atoms with Crippen molar-refractivity contribution in [2.45, 2.75) is 0 Å². The predicted octanol–water partition coefficient (Wildman–Crippen LogP) is 20.5. The summed E-state index contributed by atoms with van der Waals surface area (Å²) in [5, 5.41) is 9.30. The van der Waals surface area contributed by atoms with Gasteiger partial charge >= 0.3 is 0 Å². The number of para-hydroxylation sites is 3. The second kappa shape index (κ2) is 16.3. The molecular weight excluding hydrogens is 917 g/mol.